The number of benzene rings is 1. The fourth-order valence-corrected chi connectivity index (χ4v) is 1.88. The van der Waals surface area contributed by atoms with Crippen molar-refractivity contribution in [2.24, 2.45) is 0 Å². The molecule has 0 atom stereocenters. The molecule has 1 aromatic carbocycles. The van der Waals surface area contributed by atoms with Crippen LogP contribution in [-0.2, 0) is 0 Å². The van der Waals surface area contributed by atoms with E-state index in [1.807, 2.05) is 36.4 Å². The Labute approximate surface area is 107 Å². The zero-order valence-electron chi connectivity index (χ0n) is 8.59. The number of nitrogens with zero attached hydrogens (tertiary/aromatic N) is 3. The molecule has 84 valence electrons. The van der Waals surface area contributed by atoms with Gasteiger partial charge in [0.1, 0.15) is 0 Å². The van der Waals surface area contributed by atoms with Gasteiger partial charge in [0.25, 0.3) is 0 Å². The van der Waals surface area contributed by atoms with Crippen LogP contribution in [-0.4, -0.2) is 19.8 Å². The fourth-order valence-electron chi connectivity index (χ4n) is 1.58. The Bertz CT molecular complexity index is 729. The van der Waals surface area contributed by atoms with E-state index >= 15 is 0 Å². The largest absolute Gasteiger partial charge is 0.250 e. The summed E-state index contributed by atoms with van der Waals surface area (Å²) in [6.07, 6.45) is 0. The third kappa shape index (κ3) is 1.83. The van der Waals surface area contributed by atoms with E-state index in [-0.39, 0.29) is 0 Å². The van der Waals surface area contributed by atoms with Crippen LogP contribution < -0.4 is 0 Å². The van der Waals surface area contributed by atoms with Crippen LogP contribution >= 0.6 is 23.8 Å². The first-order valence-corrected chi connectivity index (χ1v) is 5.73. The van der Waals surface area contributed by atoms with Crippen molar-refractivity contribution in [3.8, 4) is 11.3 Å². The lowest BCUT2D eigenvalue weighted by molar-refractivity contribution is 0.915. The maximum absolute atomic E-state index is 5.84. The Morgan fingerprint density at radius 3 is 2.65 bits per heavy atom. The fraction of sp³-hybridized carbons (Fsp3) is 0. The van der Waals surface area contributed by atoms with Gasteiger partial charge in [0.05, 0.1) is 5.69 Å². The normalized spacial score (nSPS) is 10.9. The van der Waals surface area contributed by atoms with Crippen LogP contribution in [0.2, 0.25) is 5.02 Å². The molecule has 0 aliphatic rings. The van der Waals surface area contributed by atoms with E-state index in [4.69, 9.17) is 23.8 Å². The van der Waals surface area contributed by atoms with Crippen molar-refractivity contribution in [3.05, 3.63) is 46.2 Å². The Morgan fingerprint density at radius 2 is 1.88 bits per heavy atom. The summed E-state index contributed by atoms with van der Waals surface area (Å²) >= 11 is 10.9. The molecule has 0 saturated carbocycles. The molecule has 2 heterocycles. The monoisotopic (exact) mass is 262 g/mol. The molecular weight excluding hydrogens is 256 g/mol. The summed E-state index contributed by atoms with van der Waals surface area (Å²) in [5.41, 5.74) is 2.51. The van der Waals surface area contributed by atoms with Crippen molar-refractivity contribution in [1.82, 2.24) is 19.8 Å². The lowest BCUT2D eigenvalue weighted by Crippen LogP contribution is -1.94. The van der Waals surface area contributed by atoms with Crippen LogP contribution in [0.1, 0.15) is 0 Å². The molecule has 6 heteroatoms. The number of halogens is 1. The van der Waals surface area contributed by atoms with Gasteiger partial charge < -0.3 is 0 Å². The standard InChI is InChI=1S/C11H7ClN4S/c12-8-3-1-7(2-4-8)9-5-6-10-13-14-11(17)16(10)15-9/h1-6H,(H,14,17). The molecule has 0 spiro atoms. The highest BCUT2D eigenvalue weighted by molar-refractivity contribution is 7.71. The molecule has 0 aliphatic heterocycles. The number of rotatable bonds is 1. The predicted octanol–water partition coefficient (Wildman–Crippen LogP) is 3.11. The van der Waals surface area contributed by atoms with Crippen molar-refractivity contribution in [2.45, 2.75) is 0 Å². The molecular formula is C11H7ClN4S. The van der Waals surface area contributed by atoms with Crippen LogP contribution in [0, 0.1) is 4.77 Å². The Kier molecular flexibility index (Phi) is 2.42. The smallest absolute Gasteiger partial charge is 0.216 e. The summed E-state index contributed by atoms with van der Waals surface area (Å²) in [7, 11) is 0. The summed E-state index contributed by atoms with van der Waals surface area (Å²) in [6, 6.07) is 11.3. The molecule has 0 fully saturated rings. The summed E-state index contributed by atoms with van der Waals surface area (Å²) < 4.78 is 2.08. The van der Waals surface area contributed by atoms with Gasteiger partial charge in [0.15, 0.2) is 5.65 Å². The second-order valence-corrected chi connectivity index (χ2v) is 4.35. The summed E-state index contributed by atoms with van der Waals surface area (Å²) in [5, 5.41) is 11.8. The molecule has 0 aliphatic carbocycles. The molecule has 17 heavy (non-hydrogen) atoms. The van der Waals surface area contributed by atoms with Crippen molar-refractivity contribution in [2.75, 3.05) is 0 Å². The summed E-state index contributed by atoms with van der Waals surface area (Å²) in [6.45, 7) is 0. The lowest BCUT2D eigenvalue weighted by atomic mass is 10.1. The number of hydrogen-bond donors (Lipinski definition) is 1. The zero-order chi connectivity index (χ0) is 11.8. The Morgan fingerprint density at radius 1 is 1.12 bits per heavy atom. The topological polar surface area (TPSA) is 46.0 Å². The third-order valence-electron chi connectivity index (χ3n) is 2.41. The minimum Gasteiger partial charge on any atom is -0.250 e. The molecule has 0 amide bonds. The summed E-state index contributed by atoms with van der Waals surface area (Å²) in [5.74, 6) is 0. The number of fused-ring (bicyclic) bond motifs is 1. The highest BCUT2D eigenvalue weighted by Gasteiger charge is 2.03. The van der Waals surface area contributed by atoms with E-state index in [0.717, 1.165) is 11.3 Å². The average Bonchev–Trinajstić information content (AvgIpc) is 2.72. The van der Waals surface area contributed by atoms with E-state index in [1.54, 1.807) is 4.52 Å². The van der Waals surface area contributed by atoms with Gasteiger partial charge >= 0.3 is 0 Å². The van der Waals surface area contributed by atoms with E-state index in [1.165, 1.54) is 0 Å². The molecule has 4 nitrogen and oxygen atoms in total. The number of aromatic amines is 1. The van der Waals surface area contributed by atoms with Crippen LogP contribution in [0.25, 0.3) is 16.9 Å². The Hall–Kier alpha value is -1.72. The van der Waals surface area contributed by atoms with Crippen molar-refractivity contribution in [3.63, 3.8) is 0 Å². The van der Waals surface area contributed by atoms with Gasteiger partial charge in [-0.25, -0.2) is 5.10 Å². The first kappa shape index (κ1) is 10.4. The quantitative estimate of drug-likeness (QED) is 0.686. The maximum atomic E-state index is 5.84. The first-order valence-electron chi connectivity index (χ1n) is 4.94. The average molecular weight is 263 g/mol. The zero-order valence-corrected chi connectivity index (χ0v) is 10.2. The lowest BCUT2D eigenvalue weighted by Gasteiger charge is -2.00. The molecule has 3 rings (SSSR count). The van der Waals surface area contributed by atoms with Crippen molar-refractivity contribution >= 4 is 29.5 Å². The van der Waals surface area contributed by atoms with Gasteiger partial charge in [0.2, 0.25) is 4.77 Å². The first-order chi connectivity index (χ1) is 8.24. The van der Waals surface area contributed by atoms with Crippen molar-refractivity contribution in [1.29, 1.82) is 0 Å². The van der Waals surface area contributed by atoms with Gasteiger partial charge in [-0.1, -0.05) is 23.7 Å². The van der Waals surface area contributed by atoms with Crippen LogP contribution in [0.15, 0.2) is 36.4 Å². The second kappa shape index (κ2) is 3.94. The number of aromatic nitrogens is 4. The predicted molar refractivity (Wildman–Crippen MR) is 68.6 cm³/mol. The number of hydrogen-bond acceptors (Lipinski definition) is 3. The molecule has 0 bridgehead atoms. The SMILES string of the molecule is S=c1[nH]nc2ccc(-c3ccc(Cl)cc3)nn12. The van der Waals surface area contributed by atoms with Crippen LogP contribution in [0.5, 0.6) is 0 Å². The molecule has 0 saturated heterocycles. The van der Waals surface area contributed by atoms with Gasteiger partial charge in [-0.15, -0.1) is 0 Å². The third-order valence-corrected chi connectivity index (χ3v) is 2.93. The van der Waals surface area contributed by atoms with Gasteiger partial charge in [-0.2, -0.15) is 14.7 Å². The Balaban J connectivity index is 2.20. The molecule has 0 radical (unpaired) electrons. The molecule has 2 aromatic heterocycles. The van der Waals surface area contributed by atoms with Crippen molar-refractivity contribution < 1.29 is 0 Å². The van der Waals surface area contributed by atoms with E-state index in [2.05, 4.69) is 15.3 Å². The maximum Gasteiger partial charge on any atom is 0.216 e. The van der Waals surface area contributed by atoms with Crippen LogP contribution in [0.3, 0.4) is 0 Å². The minimum atomic E-state index is 0.482. The van der Waals surface area contributed by atoms with Crippen LogP contribution in [0.4, 0.5) is 0 Å². The molecule has 1 N–H and O–H groups in total. The molecule has 3 aromatic rings. The van der Waals surface area contributed by atoms with E-state index in [0.29, 0.717) is 15.4 Å². The van der Waals surface area contributed by atoms with E-state index < -0.39 is 0 Å². The van der Waals surface area contributed by atoms with Gasteiger partial charge in [-0.05, 0) is 36.5 Å². The highest BCUT2D eigenvalue weighted by Crippen LogP contribution is 2.19. The van der Waals surface area contributed by atoms with Gasteiger partial charge in [0, 0.05) is 10.6 Å². The molecule has 0 unspecified atom stereocenters. The van der Waals surface area contributed by atoms with Gasteiger partial charge in [-0.3, -0.25) is 0 Å². The van der Waals surface area contributed by atoms with E-state index in [9.17, 15) is 0 Å². The number of H-pyrrole nitrogens is 1. The minimum absolute atomic E-state index is 0.482. The number of nitrogens with one attached hydrogen (secondary N) is 1. The summed E-state index contributed by atoms with van der Waals surface area (Å²) in [4.78, 5) is 0. The second-order valence-electron chi connectivity index (χ2n) is 3.52. The highest BCUT2D eigenvalue weighted by atomic mass is 35.5.